The number of hydrogen-bond acceptors (Lipinski definition) is 4. The lowest BCUT2D eigenvalue weighted by atomic mass is 10.1. The largest absolute Gasteiger partial charge is 0.507 e. The molecule has 1 saturated heterocycles. The number of rotatable bonds is 3. The van der Waals surface area contributed by atoms with Gasteiger partial charge < -0.3 is 9.84 Å². The van der Waals surface area contributed by atoms with Crippen LogP contribution in [0.3, 0.4) is 0 Å². The highest BCUT2D eigenvalue weighted by Gasteiger charge is 2.45. The third-order valence-electron chi connectivity index (χ3n) is 3.63. The summed E-state index contributed by atoms with van der Waals surface area (Å²) in [4.78, 5) is -0.990. The van der Waals surface area contributed by atoms with Crippen LogP contribution in [-0.2, 0) is 20.9 Å². The summed E-state index contributed by atoms with van der Waals surface area (Å²) in [5.41, 5.74) is -3.36. The molecule has 24 heavy (non-hydrogen) atoms. The van der Waals surface area contributed by atoms with Crippen LogP contribution in [0.4, 0.5) is 22.0 Å². The first-order valence-electron chi connectivity index (χ1n) is 6.70. The predicted molar refractivity (Wildman–Crippen MR) is 72.2 cm³/mol. The molecular weight excluding hydrogens is 361 g/mol. The summed E-state index contributed by atoms with van der Waals surface area (Å²) in [6.45, 7) is -0.409. The Bertz CT molecular complexity index is 722. The van der Waals surface area contributed by atoms with E-state index in [-0.39, 0.29) is 19.2 Å². The molecule has 1 atom stereocenters. The van der Waals surface area contributed by atoms with Crippen molar-refractivity contribution in [3.8, 4) is 5.75 Å². The molecule has 0 aromatic heterocycles. The quantitative estimate of drug-likeness (QED) is 0.825. The van der Waals surface area contributed by atoms with Crippen molar-refractivity contribution in [2.45, 2.75) is 30.0 Å². The molecule has 0 spiro atoms. The van der Waals surface area contributed by atoms with Gasteiger partial charge in [0.15, 0.2) is 0 Å². The standard InChI is InChI=1S/C13H14F5NO4S/c1-12(11(14)15)7-19(4-5-23-12)24(21,22)10-6-8(13(16,17)18)2-3-9(10)20/h2-3,6,11,20H,4-5,7H2,1H3. The van der Waals surface area contributed by atoms with E-state index in [1.165, 1.54) is 0 Å². The van der Waals surface area contributed by atoms with Gasteiger partial charge in [0, 0.05) is 13.1 Å². The Morgan fingerprint density at radius 3 is 2.50 bits per heavy atom. The topological polar surface area (TPSA) is 66.8 Å². The van der Waals surface area contributed by atoms with E-state index >= 15 is 0 Å². The summed E-state index contributed by atoms with van der Waals surface area (Å²) < 4.78 is 94.8. The molecule has 1 N–H and O–H groups in total. The van der Waals surface area contributed by atoms with E-state index in [9.17, 15) is 35.5 Å². The molecule has 0 bridgehead atoms. The fourth-order valence-electron chi connectivity index (χ4n) is 2.23. The SMILES string of the molecule is CC1(C(F)F)CN(S(=O)(=O)c2cc(C(F)(F)F)ccc2O)CCO1. The number of benzene rings is 1. The van der Waals surface area contributed by atoms with Gasteiger partial charge in [-0.3, -0.25) is 0 Å². The number of ether oxygens (including phenoxy) is 1. The number of phenols is 1. The maximum atomic E-state index is 13.0. The monoisotopic (exact) mass is 375 g/mol. The molecular formula is C13H14F5NO4S. The maximum absolute atomic E-state index is 13.0. The van der Waals surface area contributed by atoms with Crippen molar-refractivity contribution in [3.05, 3.63) is 23.8 Å². The Morgan fingerprint density at radius 1 is 1.33 bits per heavy atom. The van der Waals surface area contributed by atoms with Crippen LogP contribution in [0.1, 0.15) is 12.5 Å². The van der Waals surface area contributed by atoms with Gasteiger partial charge in [0.05, 0.1) is 12.2 Å². The third kappa shape index (κ3) is 3.47. The summed E-state index contributed by atoms with van der Waals surface area (Å²) in [5, 5.41) is 9.65. The Hall–Kier alpha value is -1.46. The zero-order valence-electron chi connectivity index (χ0n) is 12.3. The minimum absolute atomic E-state index is 0.278. The lowest BCUT2D eigenvalue weighted by Crippen LogP contribution is -2.55. The Kier molecular flexibility index (Phi) is 4.81. The molecule has 1 aliphatic rings. The molecule has 1 aromatic rings. The van der Waals surface area contributed by atoms with Gasteiger partial charge in [0.25, 0.3) is 6.43 Å². The van der Waals surface area contributed by atoms with Gasteiger partial charge in [-0.15, -0.1) is 0 Å². The molecule has 136 valence electrons. The summed E-state index contributed by atoms with van der Waals surface area (Å²) in [6.07, 6.45) is -7.81. The molecule has 1 heterocycles. The van der Waals surface area contributed by atoms with Gasteiger partial charge in [-0.05, 0) is 25.1 Å². The summed E-state index contributed by atoms with van der Waals surface area (Å²) in [7, 11) is -4.61. The van der Waals surface area contributed by atoms with E-state index in [1.807, 2.05) is 0 Å². The first-order chi connectivity index (χ1) is 10.9. The summed E-state index contributed by atoms with van der Waals surface area (Å²) in [6, 6.07) is 1.40. The van der Waals surface area contributed by atoms with Gasteiger partial charge in [-0.25, -0.2) is 17.2 Å². The van der Waals surface area contributed by atoms with Crippen molar-refractivity contribution in [2.75, 3.05) is 19.7 Å². The van der Waals surface area contributed by atoms with Gasteiger partial charge in [0.1, 0.15) is 16.2 Å². The van der Waals surface area contributed by atoms with Crippen LogP contribution < -0.4 is 0 Å². The molecule has 1 fully saturated rings. The van der Waals surface area contributed by atoms with Crippen molar-refractivity contribution >= 4 is 10.0 Å². The Balaban J connectivity index is 2.44. The molecule has 11 heteroatoms. The number of morpholine rings is 1. The van der Waals surface area contributed by atoms with Crippen LogP contribution in [0.2, 0.25) is 0 Å². The van der Waals surface area contributed by atoms with E-state index in [0.29, 0.717) is 16.4 Å². The highest BCUT2D eigenvalue weighted by molar-refractivity contribution is 7.89. The number of phenolic OH excluding ortho intramolecular Hbond substituents is 1. The fourth-order valence-corrected chi connectivity index (χ4v) is 3.86. The van der Waals surface area contributed by atoms with Crippen molar-refractivity contribution in [1.82, 2.24) is 4.31 Å². The average Bonchev–Trinajstić information content (AvgIpc) is 2.46. The van der Waals surface area contributed by atoms with Crippen LogP contribution in [-0.4, -0.2) is 49.6 Å². The molecule has 0 radical (unpaired) electrons. The first kappa shape index (κ1) is 18.9. The second-order valence-corrected chi connectivity index (χ2v) is 7.39. The van der Waals surface area contributed by atoms with Gasteiger partial charge in [-0.2, -0.15) is 17.5 Å². The van der Waals surface area contributed by atoms with E-state index < -0.39 is 51.0 Å². The van der Waals surface area contributed by atoms with Gasteiger partial charge in [-0.1, -0.05) is 0 Å². The minimum atomic E-state index is -4.82. The molecule has 5 nitrogen and oxygen atoms in total. The Morgan fingerprint density at radius 2 is 1.96 bits per heavy atom. The van der Waals surface area contributed by atoms with Gasteiger partial charge >= 0.3 is 6.18 Å². The van der Waals surface area contributed by atoms with E-state index in [2.05, 4.69) is 0 Å². The van der Waals surface area contributed by atoms with Crippen molar-refractivity contribution < 1.29 is 40.2 Å². The van der Waals surface area contributed by atoms with Crippen LogP contribution in [0.5, 0.6) is 5.75 Å². The number of alkyl halides is 5. The smallest absolute Gasteiger partial charge is 0.416 e. The second-order valence-electron chi connectivity index (χ2n) is 5.48. The average molecular weight is 375 g/mol. The number of hydrogen-bond donors (Lipinski definition) is 1. The normalized spacial score (nSPS) is 23.6. The number of halogens is 5. The van der Waals surface area contributed by atoms with E-state index in [1.54, 1.807) is 0 Å². The number of sulfonamides is 1. The molecule has 0 amide bonds. The zero-order chi connectivity index (χ0) is 18.3. The highest BCUT2D eigenvalue weighted by Crippen LogP contribution is 2.36. The molecule has 1 unspecified atom stereocenters. The highest BCUT2D eigenvalue weighted by atomic mass is 32.2. The first-order valence-corrected chi connectivity index (χ1v) is 8.14. The van der Waals surface area contributed by atoms with Crippen LogP contribution in [0.15, 0.2) is 23.1 Å². The maximum Gasteiger partial charge on any atom is 0.416 e. The fraction of sp³-hybridized carbons (Fsp3) is 0.538. The van der Waals surface area contributed by atoms with Crippen molar-refractivity contribution in [1.29, 1.82) is 0 Å². The molecule has 1 aliphatic heterocycles. The van der Waals surface area contributed by atoms with E-state index in [4.69, 9.17) is 4.74 Å². The van der Waals surface area contributed by atoms with Crippen molar-refractivity contribution in [3.63, 3.8) is 0 Å². The van der Waals surface area contributed by atoms with Crippen LogP contribution in [0.25, 0.3) is 0 Å². The zero-order valence-corrected chi connectivity index (χ0v) is 13.2. The molecule has 0 saturated carbocycles. The molecule has 1 aromatic carbocycles. The number of aromatic hydroxyl groups is 1. The van der Waals surface area contributed by atoms with Gasteiger partial charge in [0.2, 0.25) is 10.0 Å². The van der Waals surface area contributed by atoms with E-state index in [0.717, 1.165) is 6.92 Å². The Labute approximate surface area is 134 Å². The minimum Gasteiger partial charge on any atom is -0.507 e. The van der Waals surface area contributed by atoms with Crippen LogP contribution >= 0.6 is 0 Å². The predicted octanol–water partition coefficient (Wildman–Crippen LogP) is 2.46. The molecule has 2 rings (SSSR count). The number of nitrogens with zero attached hydrogens (tertiary/aromatic N) is 1. The van der Waals surface area contributed by atoms with Crippen molar-refractivity contribution in [2.24, 2.45) is 0 Å². The second kappa shape index (κ2) is 6.12. The molecule has 0 aliphatic carbocycles. The third-order valence-corrected chi connectivity index (χ3v) is 5.50. The summed E-state index contributed by atoms with van der Waals surface area (Å²) >= 11 is 0. The van der Waals surface area contributed by atoms with Crippen LogP contribution in [0, 0.1) is 0 Å². The lowest BCUT2D eigenvalue weighted by Gasteiger charge is -2.39. The summed E-state index contributed by atoms with van der Waals surface area (Å²) in [5.74, 6) is -0.895. The lowest BCUT2D eigenvalue weighted by molar-refractivity contribution is -0.157.